The Morgan fingerprint density at radius 1 is 1.20 bits per heavy atom. The molecule has 0 bridgehead atoms. The van der Waals surface area contributed by atoms with E-state index in [2.05, 4.69) is 15.3 Å². The van der Waals surface area contributed by atoms with E-state index in [0.29, 0.717) is 34.9 Å². The van der Waals surface area contributed by atoms with Gasteiger partial charge in [0.05, 0.1) is 11.4 Å². The quantitative estimate of drug-likeness (QED) is 0.852. The fraction of sp³-hybridized carbons (Fsp3) is 0.286. The molecule has 2 rings (SSSR count). The highest BCUT2D eigenvalue weighted by molar-refractivity contribution is 6.28. The lowest BCUT2D eigenvalue weighted by molar-refractivity contribution is 0.608. The maximum absolute atomic E-state index is 13.6. The molecular formula is C14H16ClFN4. The first kappa shape index (κ1) is 14.5. The van der Waals surface area contributed by atoms with Gasteiger partial charge >= 0.3 is 0 Å². The summed E-state index contributed by atoms with van der Waals surface area (Å²) in [6.45, 7) is 5.73. The van der Waals surface area contributed by atoms with E-state index >= 15 is 0 Å². The first-order valence-corrected chi connectivity index (χ1v) is 6.55. The zero-order valence-electron chi connectivity index (χ0n) is 11.6. The zero-order chi connectivity index (χ0) is 14.9. The number of anilines is 2. The van der Waals surface area contributed by atoms with Gasteiger partial charge in [-0.25, -0.2) is 9.37 Å². The van der Waals surface area contributed by atoms with E-state index in [9.17, 15) is 4.39 Å². The molecule has 106 valence electrons. The molecule has 0 saturated heterocycles. The summed E-state index contributed by atoms with van der Waals surface area (Å²) in [6.07, 6.45) is 0. The fourth-order valence-corrected chi connectivity index (χ4v) is 2.22. The molecule has 1 heterocycles. The number of benzene rings is 1. The van der Waals surface area contributed by atoms with Crippen molar-refractivity contribution in [3.05, 3.63) is 45.6 Å². The Balaban J connectivity index is 2.21. The molecule has 0 unspecified atom stereocenters. The standard InChI is InChI=1S/C14H16ClFN4/c1-7-4-10(5-8(2)11(7)16)6-18-13-12(17)9(3)19-14(15)20-13/h4-5H,6,17H2,1-3H3,(H,18,19,20). The Kier molecular flexibility index (Phi) is 4.09. The first-order valence-electron chi connectivity index (χ1n) is 6.17. The van der Waals surface area contributed by atoms with E-state index < -0.39 is 0 Å². The van der Waals surface area contributed by atoms with Gasteiger partial charge in [-0.15, -0.1) is 0 Å². The van der Waals surface area contributed by atoms with Crippen LogP contribution in [0.25, 0.3) is 0 Å². The third-order valence-corrected chi connectivity index (χ3v) is 3.23. The number of nitrogens with two attached hydrogens (primary N) is 1. The van der Waals surface area contributed by atoms with Crippen LogP contribution in [0.5, 0.6) is 0 Å². The SMILES string of the molecule is Cc1cc(CNc2nc(Cl)nc(C)c2N)cc(C)c1F. The van der Waals surface area contributed by atoms with Gasteiger partial charge in [0.1, 0.15) is 5.82 Å². The predicted molar refractivity (Wildman–Crippen MR) is 79.4 cm³/mol. The summed E-state index contributed by atoms with van der Waals surface area (Å²) in [5.74, 6) is 0.316. The minimum atomic E-state index is -0.172. The minimum absolute atomic E-state index is 0.144. The number of nitrogen functional groups attached to an aromatic ring is 1. The molecule has 3 N–H and O–H groups in total. The van der Waals surface area contributed by atoms with E-state index in [1.165, 1.54) is 0 Å². The number of nitrogens with one attached hydrogen (secondary N) is 1. The van der Waals surface area contributed by atoms with Crippen LogP contribution < -0.4 is 11.1 Å². The van der Waals surface area contributed by atoms with Crippen LogP contribution in [0.2, 0.25) is 5.28 Å². The van der Waals surface area contributed by atoms with Gasteiger partial charge < -0.3 is 11.1 Å². The topological polar surface area (TPSA) is 63.8 Å². The van der Waals surface area contributed by atoms with Crippen molar-refractivity contribution in [2.75, 3.05) is 11.1 Å². The molecule has 20 heavy (non-hydrogen) atoms. The van der Waals surface area contributed by atoms with Gasteiger partial charge in [-0.05, 0) is 49.1 Å². The number of hydrogen-bond acceptors (Lipinski definition) is 4. The van der Waals surface area contributed by atoms with E-state index in [1.54, 1.807) is 32.9 Å². The van der Waals surface area contributed by atoms with Crippen LogP contribution >= 0.6 is 11.6 Å². The number of aryl methyl sites for hydroxylation is 3. The van der Waals surface area contributed by atoms with Crippen molar-refractivity contribution in [1.29, 1.82) is 0 Å². The summed E-state index contributed by atoms with van der Waals surface area (Å²) in [5, 5.41) is 3.25. The van der Waals surface area contributed by atoms with Gasteiger partial charge in [0.15, 0.2) is 5.82 Å². The second-order valence-corrected chi connectivity index (χ2v) is 5.08. The van der Waals surface area contributed by atoms with Crippen molar-refractivity contribution in [3.63, 3.8) is 0 Å². The van der Waals surface area contributed by atoms with E-state index in [1.807, 2.05) is 0 Å². The Morgan fingerprint density at radius 2 is 1.80 bits per heavy atom. The average Bonchev–Trinajstić information content (AvgIpc) is 2.38. The molecule has 1 aromatic carbocycles. The van der Waals surface area contributed by atoms with Gasteiger partial charge in [-0.3, -0.25) is 0 Å². The van der Waals surface area contributed by atoms with E-state index in [4.69, 9.17) is 17.3 Å². The molecule has 0 aliphatic rings. The molecule has 0 aliphatic heterocycles. The number of hydrogen-bond donors (Lipinski definition) is 2. The van der Waals surface area contributed by atoms with E-state index in [0.717, 1.165) is 5.56 Å². The van der Waals surface area contributed by atoms with Crippen LogP contribution in [0, 0.1) is 26.6 Å². The number of nitrogens with zero attached hydrogens (tertiary/aromatic N) is 2. The third kappa shape index (κ3) is 2.99. The molecular weight excluding hydrogens is 279 g/mol. The summed E-state index contributed by atoms with van der Waals surface area (Å²) in [4.78, 5) is 8.02. The van der Waals surface area contributed by atoms with Gasteiger partial charge in [0, 0.05) is 6.54 Å². The summed E-state index contributed by atoms with van der Waals surface area (Å²) in [7, 11) is 0. The maximum atomic E-state index is 13.6. The van der Waals surface area contributed by atoms with Crippen LogP contribution in [0.15, 0.2) is 12.1 Å². The largest absolute Gasteiger partial charge is 0.394 e. The highest BCUT2D eigenvalue weighted by Crippen LogP contribution is 2.22. The van der Waals surface area contributed by atoms with E-state index in [-0.39, 0.29) is 11.1 Å². The summed E-state index contributed by atoms with van der Waals surface area (Å²) in [5.41, 5.74) is 9.17. The lowest BCUT2D eigenvalue weighted by Crippen LogP contribution is -2.08. The molecule has 2 aromatic rings. The van der Waals surface area contributed by atoms with Crippen molar-refractivity contribution >= 4 is 23.1 Å². The fourth-order valence-electron chi connectivity index (χ4n) is 2.01. The van der Waals surface area contributed by atoms with Gasteiger partial charge in [0.2, 0.25) is 5.28 Å². The molecule has 0 spiro atoms. The summed E-state index contributed by atoms with van der Waals surface area (Å²) in [6, 6.07) is 3.59. The summed E-state index contributed by atoms with van der Waals surface area (Å²) < 4.78 is 13.6. The lowest BCUT2D eigenvalue weighted by atomic mass is 10.1. The molecule has 0 aliphatic carbocycles. The highest BCUT2D eigenvalue weighted by Gasteiger charge is 2.09. The van der Waals surface area contributed by atoms with Gasteiger partial charge in [-0.2, -0.15) is 4.98 Å². The molecule has 0 saturated carbocycles. The second-order valence-electron chi connectivity index (χ2n) is 4.74. The minimum Gasteiger partial charge on any atom is -0.394 e. The van der Waals surface area contributed by atoms with Crippen molar-refractivity contribution in [3.8, 4) is 0 Å². The van der Waals surface area contributed by atoms with Gasteiger partial charge in [0.25, 0.3) is 0 Å². The Bertz CT molecular complexity index is 635. The number of halogens is 2. The highest BCUT2D eigenvalue weighted by atomic mass is 35.5. The van der Waals surface area contributed by atoms with Crippen LogP contribution in [0.4, 0.5) is 15.9 Å². The van der Waals surface area contributed by atoms with Crippen molar-refractivity contribution in [2.45, 2.75) is 27.3 Å². The smallest absolute Gasteiger partial charge is 0.224 e. The Morgan fingerprint density at radius 3 is 2.40 bits per heavy atom. The van der Waals surface area contributed by atoms with Crippen molar-refractivity contribution in [2.24, 2.45) is 0 Å². The monoisotopic (exact) mass is 294 g/mol. The molecule has 4 nitrogen and oxygen atoms in total. The zero-order valence-corrected chi connectivity index (χ0v) is 12.3. The molecule has 6 heteroatoms. The van der Waals surface area contributed by atoms with Crippen LogP contribution in [-0.2, 0) is 6.54 Å². The predicted octanol–water partition coefficient (Wildman–Crippen LogP) is 3.39. The molecule has 0 fully saturated rings. The lowest BCUT2D eigenvalue weighted by Gasteiger charge is -2.11. The average molecular weight is 295 g/mol. The maximum Gasteiger partial charge on any atom is 0.224 e. The van der Waals surface area contributed by atoms with Crippen LogP contribution in [0.1, 0.15) is 22.4 Å². The summed E-state index contributed by atoms with van der Waals surface area (Å²) >= 11 is 5.81. The van der Waals surface area contributed by atoms with Gasteiger partial charge in [-0.1, -0.05) is 12.1 Å². The third-order valence-electron chi connectivity index (χ3n) is 3.07. The van der Waals surface area contributed by atoms with Crippen molar-refractivity contribution < 1.29 is 4.39 Å². The molecule has 0 atom stereocenters. The molecule has 0 radical (unpaired) electrons. The number of rotatable bonds is 3. The first-order chi connectivity index (χ1) is 9.38. The Labute approximate surface area is 122 Å². The van der Waals surface area contributed by atoms with Crippen LogP contribution in [0.3, 0.4) is 0 Å². The number of aromatic nitrogens is 2. The van der Waals surface area contributed by atoms with Crippen molar-refractivity contribution in [1.82, 2.24) is 9.97 Å². The van der Waals surface area contributed by atoms with Crippen LogP contribution in [-0.4, -0.2) is 9.97 Å². The Hall–Kier alpha value is -1.88. The second kappa shape index (κ2) is 5.63. The molecule has 1 aromatic heterocycles. The molecule has 0 amide bonds. The normalized spacial score (nSPS) is 10.7.